The molecule has 1 aromatic carbocycles. The molecule has 0 unspecified atom stereocenters. The number of hydrogen-bond acceptors (Lipinski definition) is 2. The monoisotopic (exact) mass is 236 g/mol. The van der Waals surface area contributed by atoms with Crippen molar-refractivity contribution in [2.24, 2.45) is 5.73 Å². The number of carbonyl (C=O) groups excluding carboxylic acids is 1. The highest BCUT2D eigenvalue weighted by Gasteiger charge is 2.11. The Hall–Kier alpha value is -1.42. The van der Waals surface area contributed by atoms with Crippen LogP contribution in [0.25, 0.3) is 0 Å². The Morgan fingerprint density at radius 2 is 1.94 bits per heavy atom. The van der Waals surface area contributed by atoms with E-state index >= 15 is 0 Å². The Kier molecular flexibility index (Phi) is 4.43. The molecule has 0 aromatic heterocycles. The number of amides is 1. The number of thiocarbonyl (C=S) groups is 1. The SMILES string of the molecule is CCc1ccc(N(C)C(=O)CC(N)=S)cc1. The fraction of sp³-hybridized carbons (Fsp3) is 0.333. The van der Waals surface area contributed by atoms with Gasteiger partial charge >= 0.3 is 0 Å². The van der Waals surface area contributed by atoms with Crippen LogP contribution < -0.4 is 10.6 Å². The van der Waals surface area contributed by atoms with Crippen molar-refractivity contribution in [3.63, 3.8) is 0 Å². The minimum atomic E-state index is -0.0863. The van der Waals surface area contributed by atoms with E-state index in [0.717, 1.165) is 12.1 Å². The molecule has 0 fully saturated rings. The smallest absolute Gasteiger partial charge is 0.233 e. The first-order chi connectivity index (χ1) is 7.54. The molecule has 0 aliphatic heterocycles. The minimum Gasteiger partial charge on any atom is -0.393 e. The molecule has 2 N–H and O–H groups in total. The molecule has 1 amide bonds. The van der Waals surface area contributed by atoms with Gasteiger partial charge < -0.3 is 10.6 Å². The molecule has 0 aliphatic rings. The van der Waals surface area contributed by atoms with E-state index in [9.17, 15) is 4.79 Å². The lowest BCUT2D eigenvalue weighted by molar-refractivity contribution is -0.117. The van der Waals surface area contributed by atoms with E-state index in [1.54, 1.807) is 11.9 Å². The summed E-state index contributed by atoms with van der Waals surface area (Å²) in [5.74, 6) is -0.0863. The predicted octanol–water partition coefficient (Wildman–Crippen LogP) is 1.89. The number of carbonyl (C=O) groups is 1. The van der Waals surface area contributed by atoms with Crippen LogP contribution in [-0.4, -0.2) is 17.9 Å². The van der Waals surface area contributed by atoms with Crippen LogP contribution in [0.4, 0.5) is 5.69 Å². The molecule has 0 spiro atoms. The summed E-state index contributed by atoms with van der Waals surface area (Å²) in [4.78, 5) is 13.5. The van der Waals surface area contributed by atoms with E-state index in [-0.39, 0.29) is 17.3 Å². The fourth-order valence-electron chi connectivity index (χ4n) is 1.37. The molecule has 1 aromatic rings. The third kappa shape index (κ3) is 3.31. The van der Waals surface area contributed by atoms with Gasteiger partial charge in [0.15, 0.2) is 0 Å². The van der Waals surface area contributed by atoms with Crippen molar-refractivity contribution < 1.29 is 4.79 Å². The number of nitrogens with zero attached hydrogens (tertiary/aromatic N) is 1. The zero-order valence-electron chi connectivity index (χ0n) is 9.56. The van der Waals surface area contributed by atoms with Gasteiger partial charge in [0.05, 0.1) is 11.4 Å². The van der Waals surface area contributed by atoms with Gasteiger partial charge in [-0.3, -0.25) is 4.79 Å². The van der Waals surface area contributed by atoms with Crippen molar-refractivity contribution >= 4 is 28.8 Å². The minimum absolute atomic E-state index is 0.0863. The topological polar surface area (TPSA) is 46.3 Å². The van der Waals surface area contributed by atoms with Crippen LogP contribution in [0.15, 0.2) is 24.3 Å². The van der Waals surface area contributed by atoms with Gasteiger partial charge in [-0.05, 0) is 24.1 Å². The molecule has 0 radical (unpaired) electrons. The van der Waals surface area contributed by atoms with Crippen LogP contribution in [0.1, 0.15) is 18.9 Å². The zero-order valence-corrected chi connectivity index (χ0v) is 10.4. The fourth-order valence-corrected chi connectivity index (χ4v) is 1.49. The lowest BCUT2D eigenvalue weighted by atomic mass is 10.1. The Balaban J connectivity index is 2.75. The lowest BCUT2D eigenvalue weighted by Crippen LogP contribution is -2.29. The van der Waals surface area contributed by atoms with Gasteiger partial charge in [-0.25, -0.2) is 0 Å². The average molecular weight is 236 g/mol. The van der Waals surface area contributed by atoms with Crippen molar-refractivity contribution in [2.45, 2.75) is 19.8 Å². The van der Waals surface area contributed by atoms with Gasteiger partial charge in [0.2, 0.25) is 5.91 Å². The largest absolute Gasteiger partial charge is 0.393 e. The lowest BCUT2D eigenvalue weighted by Gasteiger charge is -2.17. The third-order valence-corrected chi connectivity index (χ3v) is 2.58. The van der Waals surface area contributed by atoms with Crippen LogP contribution in [-0.2, 0) is 11.2 Å². The molecule has 0 heterocycles. The van der Waals surface area contributed by atoms with Crippen LogP contribution in [0, 0.1) is 0 Å². The van der Waals surface area contributed by atoms with Crippen molar-refractivity contribution in [1.29, 1.82) is 0 Å². The number of hydrogen-bond donors (Lipinski definition) is 1. The Morgan fingerprint density at radius 1 is 1.38 bits per heavy atom. The summed E-state index contributed by atoms with van der Waals surface area (Å²) in [6.45, 7) is 2.09. The van der Waals surface area contributed by atoms with E-state index < -0.39 is 0 Å². The second-order valence-electron chi connectivity index (χ2n) is 3.62. The molecule has 0 atom stereocenters. The Bertz CT molecular complexity index is 387. The van der Waals surface area contributed by atoms with Gasteiger partial charge in [-0.2, -0.15) is 0 Å². The van der Waals surface area contributed by atoms with Crippen molar-refractivity contribution in [1.82, 2.24) is 0 Å². The van der Waals surface area contributed by atoms with Crippen molar-refractivity contribution in [3.05, 3.63) is 29.8 Å². The summed E-state index contributed by atoms with van der Waals surface area (Å²) >= 11 is 4.71. The molecule has 86 valence electrons. The van der Waals surface area contributed by atoms with Gasteiger partial charge in [-0.15, -0.1) is 0 Å². The predicted molar refractivity (Wildman–Crippen MR) is 70.6 cm³/mol. The summed E-state index contributed by atoms with van der Waals surface area (Å²) in [6, 6.07) is 7.88. The standard InChI is InChI=1S/C12H16N2OS/c1-3-9-4-6-10(7-5-9)14(2)12(15)8-11(13)16/h4-7H,3,8H2,1-2H3,(H2,13,16). The second-order valence-corrected chi connectivity index (χ2v) is 4.14. The van der Waals surface area contributed by atoms with E-state index in [1.165, 1.54) is 5.56 Å². The van der Waals surface area contributed by atoms with Crippen molar-refractivity contribution in [3.8, 4) is 0 Å². The molecule has 4 heteroatoms. The molecule has 16 heavy (non-hydrogen) atoms. The van der Waals surface area contributed by atoms with Crippen LogP contribution in [0.5, 0.6) is 0 Å². The van der Waals surface area contributed by atoms with E-state index in [1.807, 2.05) is 24.3 Å². The van der Waals surface area contributed by atoms with Gasteiger partial charge in [0.25, 0.3) is 0 Å². The first-order valence-electron chi connectivity index (χ1n) is 5.18. The van der Waals surface area contributed by atoms with E-state index in [0.29, 0.717) is 0 Å². The van der Waals surface area contributed by atoms with Crippen LogP contribution >= 0.6 is 12.2 Å². The summed E-state index contributed by atoms with van der Waals surface area (Å²) in [7, 11) is 1.72. The zero-order chi connectivity index (χ0) is 12.1. The quantitative estimate of drug-likeness (QED) is 0.812. The summed E-state index contributed by atoms with van der Waals surface area (Å²) in [6.07, 6.45) is 1.10. The average Bonchev–Trinajstić information content (AvgIpc) is 2.27. The molecule has 0 saturated heterocycles. The highest BCUT2D eigenvalue weighted by atomic mass is 32.1. The summed E-state index contributed by atoms with van der Waals surface area (Å²) in [5, 5.41) is 0. The van der Waals surface area contributed by atoms with E-state index in [4.69, 9.17) is 18.0 Å². The van der Waals surface area contributed by atoms with Gasteiger partial charge in [0, 0.05) is 12.7 Å². The van der Waals surface area contributed by atoms with Crippen LogP contribution in [0.3, 0.4) is 0 Å². The second kappa shape index (κ2) is 5.61. The molecule has 1 rings (SSSR count). The highest BCUT2D eigenvalue weighted by molar-refractivity contribution is 7.80. The molecule has 3 nitrogen and oxygen atoms in total. The molecular weight excluding hydrogens is 220 g/mol. The molecular formula is C12H16N2OS. The molecule has 0 aliphatic carbocycles. The number of aryl methyl sites for hydroxylation is 1. The summed E-state index contributed by atoms with van der Waals surface area (Å²) in [5.41, 5.74) is 7.45. The Labute approximate surface area is 101 Å². The number of nitrogens with two attached hydrogens (primary N) is 1. The first-order valence-corrected chi connectivity index (χ1v) is 5.59. The summed E-state index contributed by atoms with van der Waals surface area (Å²) < 4.78 is 0. The van der Waals surface area contributed by atoms with E-state index in [2.05, 4.69) is 6.92 Å². The first kappa shape index (κ1) is 12.6. The maximum absolute atomic E-state index is 11.7. The van der Waals surface area contributed by atoms with Crippen LogP contribution in [0.2, 0.25) is 0 Å². The Morgan fingerprint density at radius 3 is 2.38 bits per heavy atom. The molecule has 0 saturated carbocycles. The number of anilines is 1. The maximum Gasteiger partial charge on any atom is 0.233 e. The van der Waals surface area contributed by atoms with Gasteiger partial charge in [-0.1, -0.05) is 31.3 Å². The normalized spacial score (nSPS) is 9.88. The number of rotatable bonds is 4. The highest BCUT2D eigenvalue weighted by Crippen LogP contribution is 2.14. The maximum atomic E-state index is 11.7. The number of benzene rings is 1. The van der Waals surface area contributed by atoms with Crippen molar-refractivity contribution in [2.75, 3.05) is 11.9 Å². The third-order valence-electron chi connectivity index (χ3n) is 2.43. The molecule has 0 bridgehead atoms. The van der Waals surface area contributed by atoms with Gasteiger partial charge in [0.1, 0.15) is 0 Å².